The van der Waals surface area contributed by atoms with Crippen LogP contribution in [0.1, 0.15) is 33.3 Å². The Balaban J connectivity index is 1.60. The van der Waals surface area contributed by atoms with Gasteiger partial charge in [0.15, 0.2) is 0 Å². The molecule has 0 bridgehead atoms. The van der Waals surface area contributed by atoms with Gasteiger partial charge in [-0.25, -0.2) is 4.79 Å². The fourth-order valence-corrected chi connectivity index (χ4v) is 2.68. The van der Waals surface area contributed by atoms with Crippen LogP contribution in [0.3, 0.4) is 0 Å². The van der Waals surface area contributed by atoms with Gasteiger partial charge in [0.2, 0.25) is 0 Å². The lowest BCUT2D eigenvalue weighted by molar-refractivity contribution is 0.0950. The summed E-state index contributed by atoms with van der Waals surface area (Å²) in [6, 6.07) is 18.4. The standard InChI is InChI=1S/C23H21N3O5/c1-2-30-23(29)31-18-12-10-16(11-13-18)21(27)25-15-17-7-3-4-8-19(17)26-22(28)20-9-5-6-14-24-20/h3-14H,2,15H2,1H3,(H,25,27)(H,26,28). The second-order valence-corrected chi connectivity index (χ2v) is 6.32. The van der Waals surface area contributed by atoms with E-state index < -0.39 is 6.16 Å². The number of anilines is 1. The minimum absolute atomic E-state index is 0.207. The molecular formula is C23H21N3O5. The zero-order chi connectivity index (χ0) is 22.1. The predicted molar refractivity (Wildman–Crippen MR) is 114 cm³/mol. The number of hydrogen-bond donors (Lipinski definition) is 2. The van der Waals surface area contributed by atoms with E-state index in [0.717, 1.165) is 5.56 Å². The Morgan fingerprint density at radius 2 is 1.65 bits per heavy atom. The maximum atomic E-state index is 12.5. The normalized spacial score (nSPS) is 10.1. The van der Waals surface area contributed by atoms with Crippen LogP contribution in [0.5, 0.6) is 5.75 Å². The summed E-state index contributed by atoms with van der Waals surface area (Å²) in [5.41, 5.74) is 2.01. The molecule has 0 saturated carbocycles. The Hall–Kier alpha value is -4.20. The van der Waals surface area contributed by atoms with E-state index in [1.807, 2.05) is 12.1 Å². The van der Waals surface area contributed by atoms with E-state index in [4.69, 9.17) is 9.47 Å². The monoisotopic (exact) mass is 419 g/mol. The van der Waals surface area contributed by atoms with E-state index >= 15 is 0 Å². The molecule has 0 fully saturated rings. The molecule has 0 atom stereocenters. The number of nitrogens with zero attached hydrogens (tertiary/aromatic N) is 1. The molecular weight excluding hydrogens is 398 g/mol. The first-order chi connectivity index (χ1) is 15.1. The molecule has 0 spiro atoms. The maximum Gasteiger partial charge on any atom is 0.513 e. The molecule has 0 saturated heterocycles. The lowest BCUT2D eigenvalue weighted by Crippen LogP contribution is -2.24. The van der Waals surface area contributed by atoms with E-state index in [1.165, 1.54) is 12.1 Å². The molecule has 2 aromatic carbocycles. The van der Waals surface area contributed by atoms with Crippen LogP contribution in [0.15, 0.2) is 72.9 Å². The first-order valence-electron chi connectivity index (χ1n) is 9.60. The van der Waals surface area contributed by atoms with Crippen LogP contribution in [-0.4, -0.2) is 29.6 Å². The van der Waals surface area contributed by atoms with E-state index in [0.29, 0.717) is 16.9 Å². The van der Waals surface area contributed by atoms with Crippen LogP contribution in [0.4, 0.5) is 10.5 Å². The Kier molecular flexibility index (Phi) is 7.31. The van der Waals surface area contributed by atoms with Crippen molar-refractivity contribution in [1.82, 2.24) is 10.3 Å². The van der Waals surface area contributed by atoms with Gasteiger partial charge in [0, 0.05) is 24.0 Å². The number of carbonyl (C=O) groups is 3. The Morgan fingerprint density at radius 1 is 0.903 bits per heavy atom. The molecule has 0 unspecified atom stereocenters. The lowest BCUT2D eigenvalue weighted by Gasteiger charge is -2.12. The Morgan fingerprint density at radius 3 is 2.35 bits per heavy atom. The number of amides is 2. The number of hydrogen-bond acceptors (Lipinski definition) is 6. The molecule has 0 aliphatic heterocycles. The number of rotatable bonds is 7. The molecule has 3 rings (SSSR count). The summed E-state index contributed by atoms with van der Waals surface area (Å²) in [5, 5.41) is 5.62. The molecule has 8 nitrogen and oxygen atoms in total. The van der Waals surface area contributed by atoms with Gasteiger partial charge in [0.25, 0.3) is 11.8 Å². The number of benzene rings is 2. The highest BCUT2D eigenvalue weighted by molar-refractivity contribution is 6.03. The van der Waals surface area contributed by atoms with Crippen LogP contribution < -0.4 is 15.4 Å². The van der Waals surface area contributed by atoms with Crippen LogP contribution in [0, 0.1) is 0 Å². The van der Waals surface area contributed by atoms with Crippen molar-refractivity contribution in [2.24, 2.45) is 0 Å². The average Bonchev–Trinajstić information content (AvgIpc) is 2.79. The summed E-state index contributed by atoms with van der Waals surface area (Å²) in [7, 11) is 0. The van der Waals surface area contributed by atoms with Gasteiger partial charge in [-0.15, -0.1) is 0 Å². The summed E-state index contributed by atoms with van der Waals surface area (Å²) in [5.74, 6) is -0.373. The molecule has 2 amide bonds. The molecule has 0 radical (unpaired) electrons. The van der Waals surface area contributed by atoms with Crippen molar-refractivity contribution in [3.8, 4) is 5.75 Å². The van der Waals surface area contributed by atoms with Crippen molar-refractivity contribution >= 4 is 23.7 Å². The first-order valence-corrected chi connectivity index (χ1v) is 9.60. The number of para-hydroxylation sites is 1. The summed E-state index contributed by atoms with van der Waals surface area (Å²) >= 11 is 0. The minimum Gasteiger partial charge on any atom is -0.434 e. The van der Waals surface area contributed by atoms with Gasteiger partial charge in [-0.1, -0.05) is 24.3 Å². The molecule has 2 N–H and O–H groups in total. The number of ether oxygens (including phenoxy) is 2. The molecule has 1 heterocycles. The third kappa shape index (κ3) is 6.14. The van der Waals surface area contributed by atoms with Gasteiger partial charge in [0.05, 0.1) is 6.61 Å². The third-order valence-electron chi connectivity index (χ3n) is 4.18. The summed E-state index contributed by atoms with van der Waals surface area (Å²) in [6.45, 7) is 2.10. The zero-order valence-electron chi connectivity index (χ0n) is 16.8. The highest BCUT2D eigenvalue weighted by atomic mass is 16.7. The van der Waals surface area contributed by atoms with Gasteiger partial charge < -0.3 is 20.1 Å². The van der Waals surface area contributed by atoms with Gasteiger partial charge >= 0.3 is 6.16 Å². The van der Waals surface area contributed by atoms with Crippen LogP contribution >= 0.6 is 0 Å². The largest absolute Gasteiger partial charge is 0.513 e. The van der Waals surface area contributed by atoms with Crippen molar-refractivity contribution in [2.75, 3.05) is 11.9 Å². The Labute approximate surface area is 179 Å². The number of aromatic nitrogens is 1. The SMILES string of the molecule is CCOC(=O)Oc1ccc(C(=O)NCc2ccccc2NC(=O)c2ccccn2)cc1. The summed E-state index contributed by atoms with van der Waals surface area (Å²) in [4.78, 5) is 40.2. The van der Waals surface area contributed by atoms with Crippen LogP contribution in [0.25, 0.3) is 0 Å². The van der Waals surface area contributed by atoms with Crippen LogP contribution in [-0.2, 0) is 11.3 Å². The fourth-order valence-electron chi connectivity index (χ4n) is 2.68. The third-order valence-corrected chi connectivity index (χ3v) is 4.18. The van der Waals surface area contributed by atoms with E-state index in [2.05, 4.69) is 15.6 Å². The second kappa shape index (κ2) is 10.5. The fraction of sp³-hybridized carbons (Fsp3) is 0.130. The van der Waals surface area contributed by atoms with E-state index in [1.54, 1.807) is 55.6 Å². The predicted octanol–water partition coefficient (Wildman–Crippen LogP) is 3.80. The van der Waals surface area contributed by atoms with Gasteiger partial charge in [-0.3, -0.25) is 14.6 Å². The Bertz CT molecular complexity index is 1050. The van der Waals surface area contributed by atoms with Crippen molar-refractivity contribution in [1.29, 1.82) is 0 Å². The molecule has 31 heavy (non-hydrogen) atoms. The van der Waals surface area contributed by atoms with Crippen molar-refractivity contribution < 1.29 is 23.9 Å². The highest BCUT2D eigenvalue weighted by Crippen LogP contribution is 2.17. The number of nitrogens with one attached hydrogen (secondary N) is 2. The molecule has 0 aliphatic carbocycles. The van der Waals surface area contributed by atoms with Crippen LogP contribution in [0.2, 0.25) is 0 Å². The molecule has 158 valence electrons. The van der Waals surface area contributed by atoms with E-state index in [9.17, 15) is 14.4 Å². The smallest absolute Gasteiger partial charge is 0.434 e. The molecule has 8 heteroatoms. The quantitative estimate of drug-likeness (QED) is 0.446. The van der Waals surface area contributed by atoms with Crippen molar-refractivity contribution in [3.05, 3.63) is 89.7 Å². The van der Waals surface area contributed by atoms with Gasteiger partial charge in [-0.2, -0.15) is 0 Å². The molecule has 3 aromatic rings. The van der Waals surface area contributed by atoms with E-state index in [-0.39, 0.29) is 30.7 Å². The summed E-state index contributed by atoms with van der Waals surface area (Å²) < 4.78 is 9.67. The molecule has 1 aromatic heterocycles. The van der Waals surface area contributed by atoms with Crippen molar-refractivity contribution in [2.45, 2.75) is 13.5 Å². The first kappa shape index (κ1) is 21.5. The summed E-state index contributed by atoms with van der Waals surface area (Å²) in [6.07, 6.45) is 0.744. The minimum atomic E-state index is -0.802. The lowest BCUT2D eigenvalue weighted by atomic mass is 10.1. The number of pyridine rings is 1. The number of carbonyl (C=O) groups excluding carboxylic acids is 3. The zero-order valence-corrected chi connectivity index (χ0v) is 16.8. The second-order valence-electron chi connectivity index (χ2n) is 6.32. The van der Waals surface area contributed by atoms with Gasteiger partial charge in [0.1, 0.15) is 11.4 Å². The average molecular weight is 419 g/mol. The van der Waals surface area contributed by atoms with Crippen molar-refractivity contribution in [3.63, 3.8) is 0 Å². The van der Waals surface area contributed by atoms with Gasteiger partial charge in [-0.05, 0) is 55.0 Å². The topological polar surface area (TPSA) is 107 Å². The highest BCUT2D eigenvalue weighted by Gasteiger charge is 2.12. The molecule has 0 aliphatic rings. The maximum absolute atomic E-state index is 12.5.